The van der Waals surface area contributed by atoms with Crippen molar-refractivity contribution >= 4 is 11.9 Å². The van der Waals surface area contributed by atoms with Gasteiger partial charge in [-0.1, -0.05) is 12.1 Å². The molecule has 1 amide bonds. The zero-order valence-corrected chi connectivity index (χ0v) is 11.6. The Balaban J connectivity index is 1.79. The summed E-state index contributed by atoms with van der Waals surface area (Å²) in [6.45, 7) is 4.00. The van der Waals surface area contributed by atoms with Crippen LogP contribution in [-0.4, -0.2) is 41.0 Å². The fourth-order valence-electron chi connectivity index (χ4n) is 2.43. The van der Waals surface area contributed by atoms with E-state index in [1.54, 1.807) is 24.3 Å². The van der Waals surface area contributed by atoms with Crippen molar-refractivity contribution in [1.82, 2.24) is 10.2 Å². The van der Waals surface area contributed by atoms with Gasteiger partial charge in [-0.05, 0) is 44.0 Å². The number of rotatable bonds is 5. The van der Waals surface area contributed by atoms with Crippen molar-refractivity contribution in [2.75, 3.05) is 13.1 Å². The Labute approximate surface area is 118 Å². The Morgan fingerprint density at radius 2 is 2.05 bits per heavy atom. The maximum Gasteiger partial charge on any atom is 0.335 e. The summed E-state index contributed by atoms with van der Waals surface area (Å²) >= 11 is 0. The SMILES string of the molecule is CC1CCCN1CC(=O)NCc1ccc(C(=O)O)cc1. The number of nitrogens with zero attached hydrogens (tertiary/aromatic N) is 1. The molecule has 108 valence electrons. The zero-order valence-electron chi connectivity index (χ0n) is 11.6. The van der Waals surface area contributed by atoms with E-state index in [0.29, 0.717) is 19.1 Å². The number of nitrogens with one attached hydrogen (secondary N) is 1. The van der Waals surface area contributed by atoms with Crippen molar-refractivity contribution in [3.8, 4) is 0 Å². The van der Waals surface area contributed by atoms with Gasteiger partial charge in [-0.3, -0.25) is 9.69 Å². The van der Waals surface area contributed by atoms with Gasteiger partial charge in [-0.15, -0.1) is 0 Å². The summed E-state index contributed by atoms with van der Waals surface area (Å²) in [5, 5.41) is 11.7. The number of amides is 1. The second kappa shape index (κ2) is 6.52. The lowest BCUT2D eigenvalue weighted by Crippen LogP contribution is -2.38. The lowest BCUT2D eigenvalue weighted by molar-refractivity contribution is -0.122. The minimum atomic E-state index is -0.941. The molecule has 0 spiro atoms. The van der Waals surface area contributed by atoms with Gasteiger partial charge in [0, 0.05) is 12.6 Å². The molecule has 0 bridgehead atoms. The molecule has 1 aliphatic rings. The molecule has 0 saturated carbocycles. The van der Waals surface area contributed by atoms with E-state index in [0.717, 1.165) is 24.9 Å². The van der Waals surface area contributed by atoms with Gasteiger partial charge in [0.25, 0.3) is 0 Å². The van der Waals surface area contributed by atoms with Gasteiger partial charge >= 0.3 is 5.97 Å². The largest absolute Gasteiger partial charge is 0.478 e. The normalized spacial score (nSPS) is 18.9. The first-order chi connectivity index (χ1) is 9.56. The molecule has 0 radical (unpaired) electrons. The highest BCUT2D eigenvalue weighted by molar-refractivity contribution is 5.87. The number of aromatic carboxylic acids is 1. The average Bonchev–Trinajstić information content (AvgIpc) is 2.82. The van der Waals surface area contributed by atoms with Crippen molar-refractivity contribution in [2.24, 2.45) is 0 Å². The zero-order chi connectivity index (χ0) is 14.5. The number of hydrogen-bond donors (Lipinski definition) is 2. The number of carboxylic acid groups (broad SMARTS) is 1. The lowest BCUT2D eigenvalue weighted by atomic mass is 10.1. The molecule has 0 aliphatic carbocycles. The van der Waals surface area contributed by atoms with Crippen LogP contribution in [-0.2, 0) is 11.3 Å². The Kier molecular flexibility index (Phi) is 4.74. The molecule has 0 aromatic heterocycles. The Morgan fingerprint density at radius 1 is 1.35 bits per heavy atom. The van der Waals surface area contributed by atoms with E-state index >= 15 is 0 Å². The van der Waals surface area contributed by atoms with Crippen molar-refractivity contribution < 1.29 is 14.7 Å². The number of carbonyl (C=O) groups excluding carboxylic acids is 1. The quantitative estimate of drug-likeness (QED) is 0.854. The number of carbonyl (C=O) groups is 2. The van der Waals surface area contributed by atoms with E-state index in [1.807, 2.05) is 0 Å². The predicted molar refractivity (Wildman–Crippen MR) is 75.5 cm³/mol. The fourth-order valence-corrected chi connectivity index (χ4v) is 2.43. The van der Waals surface area contributed by atoms with Crippen molar-refractivity contribution in [1.29, 1.82) is 0 Å². The van der Waals surface area contributed by atoms with Gasteiger partial charge in [-0.2, -0.15) is 0 Å². The summed E-state index contributed by atoms with van der Waals surface area (Å²) in [5.41, 5.74) is 1.16. The maximum absolute atomic E-state index is 11.8. The summed E-state index contributed by atoms with van der Waals surface area (Å²) in [5.74, 6) is -0.926. The molecule has 1 aromatic carbocycles. The third-order valence-electron chi connectivity index (χ3n) is 3.73. The molecule has 1 atom stereocenters. The van der Waals surface area contributed by atoms with Crippen LogP contribution in [0.2, 0.25) is 0 Å². The van der Waals surface area contributed by atoms with Crippen molar-refractivity contribution in [3.63, 3.8) is 0 Å². The highest BCUT2D eigenvalue weighted by Crippen LogP contribution is 2.15. The third kappa shape index (κ3) is 3.81. The fraction of sp³-hybridized carbons (Fsp3) is 0.467. The summed E-state index contributed by atoms with van der Waals surface area (Å²) in [6.07, 6.45) is 2.31. The number of hydrogen-bond acceptors (Lipinski definition) is 3. The van der Waals surface area contributed by atoms with Crippen LogP contribution < -0.4 is 5.32 Å². The van der Waals surface area contributed by atoms with Crippen LogP contribution in [0.25, 0.3) is 0 Å². The van der Waals surface area contributed by atoms with Gasteiger partial charge in [0.05, 0.1) is 12.1 Å². The molecule has 1 fully saturated rings. The summed E-state index contributed by atoms with van der Waals surface area (Å²) in [7, 11) is 0. The predicted octanol–water partition coefficient (Wildman–Crippen LogP) is 1.49. The van der Waals surface area contributed by atoms with Crippen LogP contribution in [0.5, 0.6) is 0 Å². The third-order valence-corrected chi connectivity index (χ3v) is 3.73. The molecular formula is C15H20N2O3. The van der Waals surface area contributed by atoms with Crippen LogP contribution in [0.1, 0.15) is 35.7 Å². The maximum atomic E-state index is 11.8. The highest BCUT2D eigenvalue weighted by Gasteiger charge is 2.21. The smallest absolute Gasteiger partial charge is 0.335 e. The number of benzene rings is 1. The molecule has 5 nitrogen and oxygen atoms in total. The summed E-state index contributed by atoms with van der Waals surface area (Å²) in [6, 6.07) is 7.03. The van der Waals surface area contributed by atoms with Crippen LogP contribution in [0.4, 0.5) is 0 Å². The van der Waals surface area contributed by atoms with Crippen LogP contribution in [0.3, 0.4) is 0 Å². The van der Waals surface area contributed by atoms with Crippen LogP contribution in [0, 0.1) is 0 Å². The van der Waals surface area contributed by atoms with E-state index in [2.05, 4.69) is 17.1 Å². The minimum absolute atomic E-state index is 0.0149. The molecule has 1 aromatic rings. The second-order valence-electron chi connectivity index (χ2n) is 5.24. The highest BCUT2D eigenvalue weighted by atomic mass is 16.4. The molecular weight excluding hydrogens is 256 g/mol. The molecule has 20 heavy (non-hydrogen) atoms. The molecule has 1 heterocycles. The standard InChI is InChI=1S/C15H20N2O3/c1-11-3-2-8-17(11)10-14(18)16-9-12-4-6-13(7-5-12)15(19)20/h4-7,11H,2-3,8-10H2,1H3,(H,16,18)(H,19,20). The second-order valence-corrected chi connectivity index (χ2v) is 5.24. The van der Waals surface area contributed by atoms with E-state index in [1.165, 1.54) is 0 Å². The molecule has 1 unspecified atom stereocenters. The van der Waals surface area contributed by atoms with E-state index in [9.17, 15) is 9.59 Å². The first-order valence-electron chi connectivity index (χ1n) is 6.89. The van der Waals surface area contributed by atoms with Gasteiger partial charge in [0.15, 0.2) is 0 Å². The Bertz CT molecular complexity index is 484. The van der Waals surface area contributed by atoms with Gasteiger partial charge < -0.3 is 10.4 Å². The number of likely N-dealkylation sites (tertiary alicyclic amines) is 1. The first kappa shape index (κ1) is 14.5. The van der Waals surface area contributed by atoms with E-state index < -0.39 is 5.97 Å². The van der Waals surface area contributed by atoms with Crippen LogP contribution >= 0.6 is 0 Å². The van der Waals surface area contributed by atoms with Crippen LogP contribution in [0.15, 0.2) is 24.3 Å². The summed E-state index contributed by atoms with van der Waals surface area (Å²) in [4.78, 5) is 24.8. The Hall–Kier alpha value is -1.88. The van der Waals surface area contributed by atoms with Crippen molar-refractivity contribution in [3.05, 3.63) is 35.4 Å². The molecule has 2 rings (SSSR count). The molecule has 1 aliphatic heterocycles. The monoisotopic (exact) mass is 276 g/mol. The topological polar surface area (TPSA) is 69.6 Å². The van der Waals surface area contributed by atoms with Gasteiger partial charge in [-0.25, -0.2) is 4.79 Å². The van der Waals surface area contributed by atoms with Gasteiger partial charge in [0.2, 0.25) is 5.91 Å². The average molecular weight is 276 g/mol. The molecule has 1 saturated heterocycles. The van der Waals surface area contributed by atoms with E-state index in [-0.39, 0.29) is 11.5 Å². The molecule has 2 N–H and O–H groups in total. The van der Waals surface area contributed by atoms with E-state index in [4.69, 9.17) is 5.11 Å². The summed E-state index contributed by atoms with van der Waals surface area (Å²) < 4.78 is 0. The molecule has 5 heteroatoms. The lowest BCUT2D eigenvalue weighted by Gasteiger charge is -2.20. The van der Waals surface area contributed by atoms with Crippen molar-refractivity contribution in [2.45, 2.75) is 32.4 Å². The first-order valence-corrected chi connectivity index (χ1v) is 6.89. The Morgan fingerprint density at radius 3 is 2.60 bits per heavy atom. The van der Waals surface area contributed by atoms with Gasteiger partial charge in [0.1, 0.15) is 0 Å². The number of carboxylic acids is 1. The minimum Gasteiger partial charge on any atom is -0.478 e.